The van der Waals surface area contributed by atoms with Crippen LogP contribution in [0.25, 0.3) is 0 Å². The SMILES string of the molecule is CCCC1CC(=O)N(CCC(C)(C)C#N)C1. The third-order valence-corrected chi connectivity index (χ3v) is 3.30. The third-order valence-electron chi connectivity index (χ3n) is 3.30. The Hall–Kier alpha value is -1.04. The molecule has 3 nitrogen and oxygen atoms in total. The Morgan fingerprint density at radius 3 is 2.81 bits per heavy atom. The summed E-state index contributed by atoms with van der Waals surface area (Å²) in [6.07, 6.45) is 3.77. The topological polar surface area (TPSA) is 44.1 Å². The molecule has 0 aliphatic carbocycles. The monoisotopic (exact) mass is 222 g/mol. The van der Waals surface area contributed by atoms with E-state index in [1.165, 1.54) is 0 Å². The van der Waals surface area contributed by atoms with E-state index < -0.39 is 0 Å². The number of nitriles is 1. The Bertz CT molecular complexity index is 291. The molecule has 0 radical (unpaired) electrons. The van der Waals surface area contributed by atoms with E-state index in [2.05, 4.69) is 13.0 Å². The standard InChI is InChI=1S/C13H22N2O/c1-4-5-11-8-12(16)15(9-11)7-6-13(2,3)10-14/h11H,4-9H2,1-3H3. The van der Waals surface area contributed by atoms with E-state index in [4.69, 9.17) is 5.26 Å². The molecule has 1 heterocycles. The maximum absolute atomic E-state index is 11.7. The van der Waals surface area contributed by atoms with Gasteiger partial charge in [-0.3, -0.25) is 4.79 Å². The number of carbonyl (C=O) groups is 1. The number of nitrogens with zero attached hydrogens (tertiary/aromatic N) is 2. The van der Waals surface area contributed by atoms with Crippen LogP contribution < -0.4 is 0 Å². The second-order valence-corrected chi connectivity index (χ2v) is 5.44. The van der Waals surface area contributed by atoms with Gasteiger partial charge in [0, 0.05) is 19.5 Å². The Morgan fingerprint density at radius 1 is 1.56 bits per heavy atom. The van der Waals surface area contributed by atoms with Gasteiger partial charge >= 0.3 is 0 Å². The van der Waals surface area contributed by atoms with Crippen LogP contribution in [0.5, 0.6) is 0 Å². The molecule has 1 rings (SSSR count). The second kappa shape index (κ2) is 5.34. The lowest BCUT2D eigenvalue weighted by molar-refractivity contribution is -0.127. The van der Waals surface area contributed by atoms with E-state index in [-0.39, 0.29) is 11.3 Å². The lowest BCUT2D eigenvalue weighted by Gasteiger charge is -2.21. The Labute approximate surface area is 98.4 Å². The zero-order valence-electron chi connectivity index (χ0n) is 10.6. The van der Waals surface area contributed by atoms with Crippen molar-refractivity contribution in [1.29, 1.82) is 5.26 Å². The third kappa shape index (κ3) is 3.52. The number of rotatable bonds is 5. The van der Waals surface area contributed by atoms with Crippen LogP contribution in [0.4, 0.5) is 0 Å². The maximum Gasteiger partial charge on any atom is 0.222 e. The summed E-state index contributed by atoms with van der Waals surface area (Å²) >= 11 is 0. The molecule has 0 aromatic carbocycles. The smallest absolute Gasteiger partial charge is 0.222 e. The van der Waals surface area contributed by atoms with Crippen molar-refractivity contribution < 1.29 is 4.79 Å². The molecule has 90 valence electrons. The second-order valence-electron chi connectivity index (χ2n) is 5.44. The zero-order chi connectivity index (χ0) is 12.2. The lowest BCUT2D eigenvalue weighted by atomic mass is 9.91. The van der Waals surface area contributed by atoms with Gasteiger partial charge in [0.1, 0.15) is 0 Å². The molecule has 1 aliphatic rings. The fraction of sp³-hybridized carbons (Fsp3) is 0.846. The first-order valence-electron chi connectivity index (χ1n) is 6.17. The van der Waals surface area contributed by atoms with Gasteiger partial charge in [0.05, 0.1) is 11.5 Å². The van der Waals surface area contributed by atoms with Gasteiger partial charge in [-0.2, -0.15) is 5.26 Å². The maximum atomic E-state index is 11.7. The molecule has 0 aromatic heterocycles. The molecule has 1 unspecified atom stereocenters. The minimum absolute atomic E-state index is 0.271. The molecule has 0 saturated carbocycles. The first-order chi connectivity index (χ1) is 7.48. The number of hydrogen-bond donors (Lipinski definition) is 0. The highest BCUT2D eigenvalue weighted by Crippen LogP contribution is 2.25. The Balaban J connectivity index is 2.39. The summed E-state index contributed by atoms with van der Waals surface area (Å²) in [5.41, 5.74) is -0.316. The van der Waals surface area contributed by atoms with E-state index in [9.17, 15) is 4.79 Å². The van der Waals surface area contributed by atoms with Crippen LogP contribution in [0, 0.1) is 22.7 Å². The summed E-state index contributed by atoms with van der Waals surface area (Å²) in [7, 11) is 0. The fourth-order valence-corrected chi connectivity index (χ4v) is 2.14. The molecule has 1 aliphatic heterocycles. The first-order valence-corrected chi connectivity index (χ1v) is 6.17. The van der Waals surface area contributed by atoms with Crippen LogP contribution in [0.1, 0.15) is 46.5 Å². The van der Waals surface area contributed by atoms with Crippen molar-refractivity contribution in [3.05, 3.63) is 0 Å². The number of amides is 1. The number of carbonyl (C=O) groups excluding carboxylic acids is 1. The first kappa shape index (κ1) is 13.0. The van der Waals surface area contributed by atoms with Crippen molar-refractivity contribution in [2.45, 2.75) is 46.5 Å². The van der Waals surface area contributed by atoms with Gasteiger partial charge in [0.25, 0.3) is 0 Å². The Kier molecular flexibility index (Phi) is 4.35. The molecule has 1 amide bonds. The minimum atomic E-state index is -0.316. The van der Waals surface area contributed by atoms with Crippen molar-refractivity contribution in [2.75, 3.05) is 13.1 Å². The number of likely N-dealkylation sites (tertiary alicyclic amines) is 1. The average molecular weight is 222 g/mol. The summed E-state index contributed by atoms with van der Waals surface area (Å²) < 4.78 is 0. The van der Waals surface area contributed by atoms with Crippen LogP contribution in [0.2, 0.25) is 0 Å². The summed E-state index contributed by atoms with van der Waals surface area (Å²) in [4.78, 5) is 13.6. The molecular weight excluding hydrogens is 200 g/mol. The van der Waals surface area contributed by atoms with Crippen molar-refractivity contribution >= 4 is 5.91 Å². The van der Waals surface area contributed by atoms with Gasteiger partial charge in [-0.05, 0) is 32.6 Å². The summed E-state index contributed by atoms with van der Waals surface area (Å²) in [6.45, 7) is 7.65. The molecule has 0 aromatic rings. The van der Waals surface area contributed by atoms with Crippen molar-refractivity contribution in [2.24, 2.45) is 11.3 Å². The minimum Gasteiger partial charge on any atom is -0.342 e. The fourth-order valence-electron chi connectivity index (χ4n) is 2.14. The van der Waals surface area contributed by atoms with Gasteiger partial charge < -0.3 is 4.90 Å². The predicted octanol–water partition coefficient (Wildman–Crippen LogP) is 2.57. The van der Waals surface area contributed by atoms with E-state index in [1.54, 1.807) is 0 Å². The lowest BCUT2D eigenvalue weighted by Crippen LogP contribution is -2.29. The molecule has 3 heteroatoms. The largest absolute Gasteiger partial charge is 0.342 e. The van der Waals surface area contributed by atoms with Crippen LogP contribution in [0.15, 0.2) is 0 Å². The van der Waals surface area contributed by atoms with Gasteiger partial charge in [0.15, 0.2) is 0 Å². The summed E-state index contributed by atoms with van der Waals surface area (Å²) in [5, 5.41) is 8.92. The van der Waals surface area contributed by atoms with Crippen molar-refractivity contribution in [3.63, 3.8) is 0 Å². The van der Waals surface area contributed by atoms with E-state index in [0.717, 1.165) is 32.4 Å². The summed E-state index contributed by atoms with van der Waals surface area (Å²) in [5.74, 6) is 0.815. The summed E-state index contributed by atoms with van der Waals surface area (Å²) in [6, 6.07) is 2.28. The van der Waals surface area contributed by atoms with Crippen LogP contribution in [-0.2, 0) is 4.79 Å². The van der Waals surface area contributed by atoms with Crippen molar-refractivity contribution in [3.8, 4) is 6.07 Å². The van der Waals surface area contributed by atoms with Gasteiger partial charge in [0.2, 0.25) is 5.91 Å². The van der Waals surface area contributed by atoms with Gasteiger partial charge in [-0.1, -0.05) is 13.3 Å². The average Bonchev–Trinajstić information content (AvgIpc) is 2.57. The highest BCUT2D eigenvalue weighted by molar-refractivity contribution is 5.78. The predicted molar refractivity (Wildman–Crippen MR) is 63.6 cm³/mol. The van der Waals surface area contributed by atoms with Crippen LogP contribution in [0.3, 0.4) is 0 Å². The molecule has 1 fully saturated rings. The molecule has 16 heavy (non-hydrogen) atoms. The zero-order valence-corrected chi connectivity index (χ0v) is 10.6. The molecular formula is C13H22N2O. The van der Waals surface area contributed by atoms with Gasteiger partial charge in [-0.15, -0.1) is 0 Å². The molecule has 1 saturated heterocycles. The van der Waals surface area contributed by atoms with E-state index in [1.807, 2.05) is 18.7 Å². The number of hydrogen-bond acceptors (Lipinski definition) is 2. The quantitative estimate of drug-likeness (QED) is 0.717. The van der Waals surface area contributed by atoms with E-state index >= 15 is 0 Å². The molecule has 0 spiro atoms. The van der Waals surface area contributed by atoms with Crippen LogP contribution in [-0.4, -0.2) is 23.9 Å². The highest BCUT2D eigenvalue weighted by atomic mass is 16.2. The normalized spacial score (nSPS) is 21.2. The molecule has 0 N–H and O–H groups in total. The molecule has 0 bridgehead atoms. The highest BCUT2D eigenvalue weighted by Gasteiger charge is 2.29. The Morgan fingerprint density at radius 2 is 2.25 bits per heavy atom. The van der Waals surface area contributed by atoms with Crippen molar-refractivity contribution in [1.82, 2.24) is 4.90 Å². The molecule has 1 atom stereocenters. The van der Waals surface area contributed by atoms with E-state index in [0.29, 0.717) is 12.3 Å². The van der Waals surface area contributed by atoms with Crippen LogP contribution >= 0.6 is 0 Å². The van der Waals surface area contributed by atoms with Gasteiger partial charge in [-0.25, -0.2) is 0 Å².